The molecule has 1 heterocycles. The number of halogens is 2. The van der Waals surface area contributed by atoms with Crippen LogP contribution in [0.1, 0.15) is 11.1 Å². The van der Waals surface area contributed by atoms with Gasteiger partial charge in [0.05, 0.1) is 5.69 Å². The standard InChI is InChI=1S/C22H14Cl2N2O4S/c23-15-5-3-4-14(12-15)8-11-21(27)30-19-10-9-16(24)13-18(19)25-22-17-6-1-2-7-20(17)31(28,29)26-22/h1-13H,(H,25,26)/b11-8+. The molecule has 1 aliphatic rings. The second-order valence-corrected chi connectivity index (χ2v) is 8.93. The minimum absolute atomic E-state index is 0.0996. The lowest BCUT2D eigenvalue weighted by atomic mass is 10.2. The lowest BCUT2D eigenvalue weighted by molar-refractivity contribution is -0.128. The Balaban J connectivity index is 1.58. The second-order valence-electron chi connectivity index (χ2n) is 6.49. The van der Waals surface area contributed by atoms with E-state index in [2.05, 4.69) is 9.71 Å². The highest BCUT2D eigenvalue weighted by Gasteiger charge is 2.29. The Morgan fingerprint density at radius 3 is 2.55 bits per heavy atom. The van der Waals surface area contributed by atoms with E-state index in [9.17, 15) is 13.2 Å². The van der Waals surface area contributed by atoms with Gasteiger partial charge in [0.25, 0.3) is 10.0 Å². The van der Waals surface area contributed by atoms with Crippen molar-refractivity contribution in [2.24, 2.45) is 4.40 Å². The molecule has 0 fully saturated rings. The van der Waals surface area contributed by atoms with Crippen LogP contribution in [0.3, 0.4) is 0 Å². The summed E-state index contributed by atoms with van der Waals surface area (Å²) in [5, 5.41) is 3.83. The van der Waals surface area contributed by atoms with Gasteiger partial charge in [0.15, 0.2) is 11.6 Å². The first-order valence-electron chi connectivity index (χ1n) is 8.98. The van der Waals surface area contributed by atoms with Crippen LogP contribution in [-0.2, 0) is 14.8 Å². The van der Waals surface area contributed by atoms with Crippen LogP contribution in [0.5, 0.6) is 5.75 Å². The van der Waals surface area contributed by atoms with Crippen molar-refractivity contribution in [2.75, 3.05) is 5.32 Å². The number of ether oxygens (including phenoxy) is 1. The Morgan fingerprint density at radius 2 is 1.74 bits per heavy atom. The number of sulfonamides is 1. The molecule has 4 rings (SSSR count). The first-order chi connectivity index (χ1) is 14.8. The highest BCUT2D eigenvalue weighted by Crippen LogP contribution is 2.32. The van der Waals surface area contributed by atoms with Crippen molar-refractivity contribution < 1.29 is 17.9 Å². The lowest BCUT2D eigenvalue weighted by Gasteiger charge is -2.12. The smallest absolute Gasteiger partial charge is 0.336 e. The summed E-state index contributed by atoms with van der Waals surface area (Å²) in [5.41, 5.74) is 1.45. The maximum atomic E-state index is 12.3. The molecular weight excluding hydrogens is 459 g/mol. The first kappa shape index (κ1) is 21.1. The van der Waals surface area contributed by atoms with Gasteiger partial charge in [0, 0.05) is 21.7 Å². The summed E-state index contributed by atoms with van der Waals surface area (Å²) in [7, 11) is -3.80. The molecule has 3 aromatic rings. The molecule has 3 aromatic carbocycles. The van der Waals surface area contributed by atoms with Crippen molar-refractivity contribution in [3.05, 3.63) is 94.0 Å². The number of carbonyl (C=O) groups excluding carboxylic acids is 1. The molecule has 1 aliphatic heterocycles. The van der Waals surface area contributed by atoms with E-state index in [1.807, 2.05) is 0 Å². The summed E-state index contributed by atoms with van der Waals surface area (Å²) in [6, 6.07) is 18.0. The van der Waals surface area contributed by atoms with Crippen molar-refractivity contribution in [2.45, 2.75) is 4.90 Å². The average molecular weight is 473 g/mol. The van der Waals surface area contributed by atoms with Crippen molar-refractivity contribution in [1.29, 1.82) is 0 Å². The van der Waals surface area contributed by atoms with E-state index in [-0.39, 0.29) is 16.5 Å². The number of hydrogen-bond acceptors (Lipinski definition) is 5. The molecule has 9 heteroatoms. The Bertz CT molecular complexity index is 1350. The second kappa shape index (κ2) is 8.55. The van der Waals surface area contributed by atoms with Gasteiger partial charge in [-0.25, -0.2) is 4.79 Å². The summed E-state index contributed by atoms with van der Waals surface area (Å²) >= 11 is 12.0. The maximum absolute atomic E-state index is 12.3. The van der Waals surface area contributed by atoms with Gasteiger partial charge in [-0.15, -0.1) is 4.40 Å². The fraction of sp³-hybridized carbons (Fsp3) is 0. The zero-order valence-corrected chi connectivity index (χ0v) is 18.1. The largest absolute Gasteiger partial charge is 0.421 e. The molecule has 0 bridgehead atoms. The number of amidine groups is 1. The van der Waals surface area contributed by atoms with Crippen LogP contribution in [0.2, 0.25) is 10.0 Å². The Morgan fingerprint density at radius 1 is 0.968 bits per heavy atom. The van der Waals surface area contributed by atoms with E-state index in [0.29, 0.717) is 21.3 Å². The number of hydrogen-bond donors (Lipinski definition) is 1. The molecular formula is C22H14Cl2N2O4S. The zero-order valence-electron chi connectivity index (χ0n) is 15.7. The third kappa shape index (κ3) is 4.80. The van der Waals surface area contributed by atoms with Gasteiger partial charge in [-0.2, -0.15) is 8.42 Å². The number of nitrogens with zero attached hydrogens (tertiary/aromatic N) is 1. The van der Waals surface area contributed by atoms with E-state index in [1.165, 1.54) is 24.3 Å². The van der Waals surface area contributed by atoms with Gasteiger partial charge in [0.1, 0.15) is 4.90 Å². The highest BCUT2D eigenvalue weighted by molar-refractivity contribution is 7.90. The summed E-state index contributed by atoms with van der Waals surface area (Å²) < 4.78 is 33.7. The lowest BCUT2D eigenvalue weighted by Crippen LogP contribution is -2.13. The summed E-state index contributed by atoms with van der Waals surface area (Å²) in [4.78, 5) is 12.4. The third-order valence-electron chi connectivity index (χ3n) is 4.30. The minimum Gasteiger partial charge on any atom is -0.421 e. The van der Waals surface area contributed by atoms with Crippen molar-refractivity contribution in [3.8, 4) is 5.75 Å². The monoisotopic (exact) mass is 472 g/mol. The fourth-order valence-corrected chi connectivity index (χ4v) is 4.48. The highest BCUT2D eigenvalue weighted by atomic mass is 35.5. The van der Waals surface area contributed by atoms with Crippen LogP contribution in [0.4, 0.5) is 5.69 Å². The number of esters is 1. The summed E-state index contributed by atoms with van der Waals surface area (Å²) in [6.07, 6.45) is 2.83. The number of anilines is 1. The van der Waals surface area contributed by atoms with Gasteiger partial charge < -0.3 is 10.1 Å². The van der Waals surface area contributed by atoms with E-state index in [4.69, 9.17) is 27.9 Å². The molecule has 31 heavy (non-hydrogen) atoms. The predicted molar refractivity (Wildman–Crippen MR) is 121 cm³/mol. The molecule has 0 saturated carbocycles. The molecule has 0 amide bonds. The van der Waals surface area contributed by atoms with Crippen LogP contribution < -0.4 is 10.1 Å². The zero-order chi connectivity index (χ0) is 22.0. The number of carbonyl (C=O) groups is 1. The van der Waals surface area contributed by atoms with Gasteiger partial charge in [-0.05, 0) is 54.1 Å². The average Bonchev–Trinajstić information content (AvgIpc) is 2.99. The molecule has 0 aromatic heterocycles. The van der Waals surface area contributed by atoms with Crippen LogP contribution in [-0.4, -0.2) is 20.2 Å². The van der Waals surface area contributed by atoms with Crippen LogP contribution in [0, 0.1) is 0 Å². The molecule has 6 nitrogen and oxygen atoms in total. The number of fused-ring (bicyclic) bond motifs is 1. The van der Waals surface area contributed by atoms with E-state index >= 15 is 0 Å². The normalized spacial score (nSPS) is 14.2. The Kier molecular flexibility index (Phi) is 5.82. The molecule has 0 spiro atoms. The van der Waals surface area contributed by atoms with Crippen molar-refractivity contribution in [3.63, 3.8) is 0 Å². The number of nitrogens with one attached hydrogen (secondary N) is 1. The SMILES string of the molecule is O=C(/C=C/c1cccc(Cl)c1)Oc1ccc(Cl)cc1NC1=NS(=O)(=O)c2ccccc21. The molecule has 0 saturated heterocycles. The van der Waals surface area contributed by atoms with Crippen LogP contribution in [0.25, 0.3) is 6.08 Å². The molecule has 0 atom stereocenters. The topological polar surface area (TPSA) is 84.8 Å². The van der Waals surface area contributed by atoms with Crippen molar-refractivity contribution in [1.82, 2.24) is 0 Å². The number of benzene rings is 3. The maximum Gasteiger partial charge on any atom is 0.336 e. The predicted octanol–water partition coefficient (Wildman–Crippen LogP) is 5.17. The van der Waals surface area contributed by atoms with Crippen LogP contribution >= 0.6 is 23.2 Å². The van der Waals surface area contributed by atoms with Crippen molar-refractivity contribution >= 4 is 56.8 Å². The Hall–Kier alpha value is -3.13. The quantitative estimate of drug-likeness (QED) is 0.321. The number of rotatable bonds is 4. The fourth-order valence-electron chi connectivity index (χ4n) is 2.93. The molecule has 0 radical (unpaired) electrons. The molecule has 0 unspecified atom stereocenters. The first-order valence-corrected chi connectivity index (χ1v) is 11.2. The van der Waals surface area contributed by atoms with Gasteiger partial charge >= 0.3 is 5.97 Å². The third-order valence-corrected chi connectivity index (χ3v) is 6.10. The molecule has 1 N–H and O–H groups in total. The minimum atomic E-state index is -3.80. The summed E-state index contributed by atoms with van der Waals surface area (Å²) in [5.74, 6) is -0.356. The van der Waals surface area contributed by atoms with E-state index in [1.54, 1.807) is 54.6 Å². The molecule has 156 valence electrons. The van der Waals surface area contributed by atoms with Gasteiger partial charge in [-0.1, -0.05) is 47.5 Å². The Labute approximate surface area is 188 Å². The van der Waals surface area contributed by atoms with Gasteiger partial charge in [0.2, 0.25) is 0 Å². The molecule has 0 aliphatic carbocycles. The van der Waals surface area contributed by atoms with Gasteiger partial charge in [-0.3, -0.25) is 0 Å². The van der Waals surface area contributed by atoms with E-state index in [0.717, 1.165) is 5.56 Å². The van der Waals surface area contributed by atoms with E-state index < -0.39 is 16.0 Å². The summed E-state index contributed by atoms with van der Waals surface area (Å²) in [6.45, 7) is 0. The van der Waals surface area contributed by atoms with Crippen LogP contribution in [0.15, 0.2) is 82.1 Å².